The van der Waals surface area contributed by atoms with Crippen molar-refractivity contribution in [3.8, 4) is 11.3 Å². The third-order valence-corrected chi connectivity index (χ3v) is 6.68. The van der Waals surface area contributed by atoms with E-state index in [1.54, 1.807) is 17.5 Å². The number of aliphatic carboxylic acids is 1. The summed E-state index contributed by atoms with van der Waals surface area (Å²) in [6.45, 7) is 1.84. The third kappa shape index (κ3) is 5.14. The van der Waals surface area contributed by atoms with E-state index < -0.39 is 29.4 Å². The topological polar surface area (TPSA) is 108 Å². The minimum atomic E-state index is -4.57. The first kappa shape index (κ1) is 23.1. The number of carboxylic acid groups (broad SMARTS) is 1. The van der Waals surface area contributed by atoms with Crippen LogP contribution in [-0.2, 0) is 16.6 Å². The summed E-state index contributed by atoms with van der Waals surface area (Å²) in [6.07, 6.45) is -2.11. The minimum absolute atomic E-state index is 0.176. The van der Waals surface area contributed by atoms with Gasteiger partial charge in [0.25, 0.3) is 0 Å². The summed E-state index contributed by atoms with van der Waals surface area (Å²) >= 11 is 1.30. The molecule has 1 saturated carbocycles. The lowest BCUT2D eigenvalue weighted by atomic mass is 9.79. The standard InChI is InChI=1S/C22H21F3N4O3S/c1-12-8-14(10-15(9-12)27-20-26-7-4-17(29-20)22(23,24)25)16-11-33-19(28-16)21(32)5-2-13(3-6-21)18(30)31/h4,7-11,13,32H,2-3,5-6H2,1H3,(H,30,31)(H,26,27,29). The highest BCUT2D eigenvalue weighted by Crippen LogP contribution is 2.42. The fraction of sp³-hybridized carbons (Fsp3) is 0.364. The van der Waals surface area contributed by atoms with Crippen molar-refractivity contribution >= 4 is 28.9 Å². The second-order valence-electron chi connectivity index (χ2n) is 8.16. The van der Waals surface area contributed by atoms with E-state index in [2.05, 4.69) is 20.3 Å². The van der Waals surface area contributed by atoms with Gasteiger partial charge in [0.15, 0.2) is 0 Å². The summed E-state index contributed by atoms with van der Waals surface area (Å²) in [5.41, 5.74) is 0.473. The summed E-state index contributed by atoms with van der Waals surface area (Å²) in [5, 5.41) is 25.3. The van der Waals surface area contributed by atoms with Gasteiger partial charge >= 0.3 is 12.1 Å². The summed E-state index contributed by atoms with van der Waals surface area (Å²) < 4.78 is 38.8. The summed E-state index contributed by atoms with van der Waals surface area (Å²) in [7, 11) is 0. The van der Waals surface area contributed by atoms with E-state index in [0.29, 0.717) is 42.1 Å². The molecule has 3 aromatic rings. The SMILES string of the molecule is Cc1cc(Nc2nccc(C(F)(F)F)n2)cc(-c2csc(C3(O)CCC(C(=O)O)CC3)n2)c1. The van der Waals surface area contributed by atoms with Gasteiger partial charge in [0, 0.05) is 22.8 Å². The molecule has 2 heterocycles. The summed E-state index contributed by atoms with van der Waals surface area (Å²) in [6, 6.07) is 6.16. The number of alkyl halides is 3. The molecule has 0 amide bonds. The number of carbonyl (C=O) groups is 1. The summed E-state index contributed by atoms with van der Waals surface area (Å²) in [4.78, 5) is 23.2. The normalized spacial score (nSPS) is 21.1. The van der Waals surface area contributed by atoms with Crippen molar-refractivity contribution in [2.75, 3.05) is 5.32 Å². The minimum Gasteiger partial charge on any atom is -0.481 e. The Labute approximate surface area is 191 Å². The Kier molecular flexibility index (Phi) is 6.10. The van der Waals surface area contributed by atoms with Gasteiger partial charge in [-0.25, -0.2) is 15.0 Å². The molecular formula is C22H21F3N4O3S. The monoisotopic (exact) mass is 478 g/mol. The lowest BCUT2D eigenvalue weighted by molar-refractivity contribution is -0.145. The smallest absolute Gasteiger partial charge is 0.433 e. The average Bonchev–Trinajstić information content (AvgIpc) is 3.25. The Morgan fingerprint density at radius 3 is 2.61 bits per heavy atom. The highest BCUT2D eigenvalue weighted by Gasteiger charge is 2.39. The third-order valence-electron chi connectivity index (χ3n) is 5.64. The zero-order valence-corrected chi connectivity index (χ0v) is 18.4. The zero-order chi connectivity index (χ0) is 23.8. The number of nitrogens with zero attached hydrogens (tertiary/aromatic N) is 3. The van der Waals surface area contributed by atoms with Crippen LogP contribution in [0, 0.1) is 12.8 Å². The van der Waals surface area contributed by atoms with Gasteiger partial charge in [0.05, 0.1) is 11.6 Å². The Bertz CT molecular complexity index is 1170. The fourth-order valence-corrected chi connectivity index (χ4v) is 4.87. The van der Waals surface area contributed by atoms with E-state index >= 15 is 0 Å². The molecule has 0 atom stereocenters. The van der Waals surface area contributed by atoms with Crippen LogP contribution >= 0.6 is 11.3 Å². The van der Waals surface area contributed by atoms with Gasteiger partial charge in [0.1, 0.15) is 16.3 Å². The van der Waals surface area contributed by atoms with E-state index in [1.807, 2.05) is 13.0 Å². The van der Waals surface area contributed by atoms with E-state index in [4.69, 9.17) is 0 Å². The van der Waals surface area contributed by atoms with Crippen LogP contribution in [-0.4, -0.2) is 31.1 Å². The lowest BCUT2D eigenvalue weighted by Crippen LogP contribution is -2.33. The first-order valence-corrected chi connectivity index (χ1v) is 11.1. The quantitative estimate of drug-likeness (QED) is 0.466. The van der Waals surface area contributed by atoms with Crippen molar-refractivity contribution in [2.45, 2.75) is 44.4 Å². The molecule has 1 aliphatic carbocycles. The van der Waals surface area contributed by atoms with E-state index in [1.165, 1.54) is 11.3 Å². The molecule has 174 valence electrons. The zero-order valence-electron chi connectivity index (χ0n) is 17.6. The van der Waals surface area contributed by atoms with Crippen molar-refractivity contribution in [3.63, 3.8) is 0 Å². The molecule has 3 N–H and O–H groups in total. The number of halogens is 3. The van der Waals surface area contributed by atoms with Crippen molar-refractivity contribution in [1.82, 2.24) is 15.0 Å². The maximum absolute atomic E-state index is 12.9. The molecule has 0 aliphatic heterocycles. The highest BCUT2D eigenvalue weighted by atomic mass is 32.1. The Balaban J connectivity index is 1.56. The first-order valence-electron chi connectivity index (χ1n) is 10.2. The van der Waals surface area contributed by atoms with Crippen LogP contribution in [0.25, 0.3) is 11.3 Å². The van der Waals surface area contributed by atoms with Crippen LogP contribution in [0.5, 0.6) is 0 Å². The fourth-order valence-electron chi connectivity index (χ4n) is 3.89. The molecule has 1 aliphatic rings. The number of hydrogen-bond donors (Lipinski definition) is 3. The molecule has 33 heavy (non-hydrogen) atoms. The number of hydrogen-bond acceptors (Lipinski definition) is 7. The van der Waals surface area contributed by atoms with Crippen molar-refractivity contribution in [3.05, 3.63) is 52.1 Å². The van der Waals surface area contributed by atoms with Crippen LogP contribution in [0.15, 0.2) is 35.8 Å². The molecule has 0 bridgehead atoms. The Morgan fingerprint density at radius 2 is 1.94 bits per heavy atom. The molecule has 4 rings (SSSR count). The number of thiazole rings is 1. The van der Waals surface area contributed by atoms with Gasteiger partial charge < -0.3 is 15.5 Å². The molecule has 0 saturated heterocycles. The molecule has 1 aromatic carbocycles. The van der Waals surface area contributed by atoms with Crippen molar-refractivity contribution < 1.29 is 28.2 Å². The highest BCUT2D eigenvalue weighted by molar-refractivity contribution is 7.10. The molecule has 0 radical (unpaired) electrons. The van der Waals surface area contributed by atoms with Gasteiger partial charge in [-0.1, -0.05) is 0 Å². The molecular weight excluding hydrogens is 457 g/mol. The van der Waals surface area contributed by atoms with E-state index in [9.17, 15) is 28.2 Å². The number of nitrogens with one attached hydrogen (secondary N) is 1. The number of aryl methyl sites for hydroxylation is 1. The molecule has 2 aromatic heterocycles. The van der Waals surface area contributed by atoms with Gasteiger partial charge in [-0.05, 0) is 62.4 Å². The predicted octanol–water partition coefficient (Wildman–Crippen LogP) is 5.13. The molecule has 0 unspecified atom stereocenters. The first-order chi connectivity index (χ1) is 15.5. The number of rotatable bonds is 5. The molecule has 1 fully saturated rings. The molecule has 0 spiro atoms. The summed E-state index contributed by atoms with van der Waals surface area (Å²) in [5.74, 6) is -1.47. The van der Waals surface area contributed by atoms with Gasteiger partial charge in [-0.15, -0.1) is 11.3 Å². The second kappa shape index (κ2) is 8.71. The van der Waals surface area contributed by atoms with Crippen molar-refractivity contribution in [1.29, 1.82) is 0 Å². The maximum Gasteiger partial charge on any atom is 0.433 e. The molecule has 7 nitrogen and oxygen atoms in total. The number of carboxylic acids is 1. The predicted molar refractivity (Wildman–Crippen MR) is 116 cm³/mol. The maximum atomic E-state index is 12.9. The van der Waals surface area contributed by atoms with E-state index in [0.717, 1.165) is 23.4 Å². The van der Waals surface area contributed by atoms with Gasteiger partial charge in [-0.2, -0.15) is 13.2 Å². The number of benzene rings is 1. The largest absolute Gasteiger partial charge is 0.481 e. The lowest BCUT2D eigenvalue weighted by Gasteiger charge is -2.32. The average molecular weight is 478 g/mol. The Morgan fingerprint density at radius 1 is 1.21 bits per heavy atom. The van der Waals surface area contributed by atoms with Gasteiger partial charge in [0.2, 0.25) is 5.95 Å². The molecule has 11 heteroatoms. The van der Waals surface area contributed by atoms with E-state index in [-0.39, 0.29) is 5.95 Å². The number of aliphatic hydroxyl groups is 1. The van der Waals surface area contributed by atoms with Crippen LogP contribution < -0.4 is 5.32 Å². The van der Waals surface area contributed by atoms with Crippen molar-refractivity contribution in [2.24, 2.45) is 5.92 Å². The van der Waals surface area contributed by atoms with Crippen LogP contribution in [0.1, 0.15) is 41.9 Å². The van der Waals surface area contributed by atoms with Gasteiger partial charge in [-0.3, -0.25) is 4.79 Å². The van der Waals surface area contributed by atoms with Crippen LogP contribution in [0.4, 0.5) is 24.8 Å². The van der Waals surface area contributed by atoms with Crippen LogP contribution in [0.2, 0.25) is 0 Å². The Hall–Kier alpha value is -3.05. The van der Waals surface area contributed by atoms with Crippen LogP contribution in [0.3, 0.4) is 0 Å². The second-order valence-corrected chi connectivity index (χ2v) is 9.02. The number of aromatic nitrogens is 3. The number of anilines is 2.